The maximum absolute atomic E-state index is 12.3. The minimum Gasteiger partial charge on any atom is -0.399 e. The summed E-state index contributed by atoms with van der Waals surface area (Å²) in [5.41, 5.74) is 12.1. The van der Waals surface area contributed by atoms with Gasteiger partial charge in [-0.3, -0.25) is 4.79 Å². The normalized spacial score (nSPS) is 11.4. The van der Waals surface area contributed by atoms with E-state index in [4.69, 9.17) is 23.1 Å². The summed E-state index contributed by atoms with van der Waals surface area (Å²) in [6.45, 7) is 4.03. The highest BCUT2D eigenvalue weighted by molar-refractivity contribution is 6.34. The molecule has 106 valence electrons. The van der Waals surface area contributed by atoms with Crippen molar-refractivity contribution in [1.29, 1.82) is 0 Å². The van der Waals surface area contributed by atoms with E-state index in [9.17, 15) is 4.79 Å². The molecule has 0 bridgehead atoms. The van der Waals surface area contributed by atoms with Gasteiger partial charge in [0.2, 0.25) is 5.91 Å². The molecule has 0 aliphatic carbocycles. The fraction of sp³-hybridized carbons (Fsp3) is 0.500. The van der Waals surface area contributed by atoms with Crippen LogP contribution < -0.4 is 16.8 Å². The van der Waals surface area contributed by atoms with E-state index >= 15 is 0 Å². The molecule has 0 fully saturated rings. The number of nitrogen functional groups attached to an aromatic ring is 1. The lowest BCUT2D eigenvalue weighted by atomic mass is 9.89. The fourth-order valence-corrected chi connectivity index (χ4v) is 2.36. The Balaban J connectivity index is 2.87. The molecule has 5 heteroatoms. The van der Waals surface area contributed by atoms with E-state index in [0.717, 1.165) is 12.8 Å². The molecule has 0 radical (unpaired) electrons. The summed E-state index contributed by atoms with van der Waals surface area (Å²) < 4.78 is 0. The Kier molecular flexibility index (Phi) is 5.63. The number of benzene rings is 1. The second-order valence-corrected chi connectivity index (χ2v) is 5.26. The molecule has 1 rings (SSSR count). The first-order valence-electron chi connectivity index (χ1n) is 6.58. The number of rotatable bonds is 6. The Morgan fingerprint density at radius 2 is 1.89 bits per heavy atom. The van der Waals surface area contributed by atoms with E-state index in [-0.39, 0.29) is 5.91 Å². The lowest BCUT2D eigenvalue weighted by Crippen LogP contribution is -2.51. The minimum atomic E-state index is -0.839. The van der Waals surface area contributed by atoms with Gasteiger partial charge in [0, 0.05) is 5.69 Å². The van der Waals surface area contributed by atoms with Gasteiger partial charge in [-0.15, -0.1) is 0 Å². The molecule has 4 nitrogen and oxygen atoms in total. The molecule has 0 atom stereocenters. The molecule has 0 aliphatic rings. The monoisotopic (exact) mass is 283 g/mol. The SMILES string of the molecule is CCCC(N)(CCC)C(=O)Nc1ccc(N)cc1Cl. The number of halogens is 1. The Morgan fingerprint density at radius 3 is 2.37 bits per heavy atom. The summed E-state index contributed by atoms with van der Waals surface area (Å²) in [7, 11) is 0. The van der Waals surface area contributed by atoms with E-state index in [1.807, 2.05) is 13.8 Å². The second kappa shape index (κ2) is 6.78. The van der Waals surface area contributed by atoms with Crippen molar-refractivity contribution in [3.63, 3.8) is 0 Å². The lowest BCUT2D eigenvalue weighted by Gasteiger charge is -2.27. The topological polar surface area (TPSA) is 81.1 Å². The third-order valence-electron chi connectivity index (χ3n) is 3.09. The number of hydrogen-bond donors (Lipinski definition) is 3. The second-order valence-electron chi connectivity index (χ2n) is 4.85. The summed E-state index contributed by atoms with van der Waals surface area (Å²) in [5.74, 6) is -0.192. The van der Waals surface area contributed by atoms with Crippen LogP contribution in [0.25, 0.3) is 0 Å². The minimum absolute atomic E-state index is 0.192. The predicted octanol–water partition coefficient (Wildman–Crippen LogP) is 3.16. The third-order valence-corrected chi connectivity index (χ3v) is 3.40. The van der Waals surface area contributed by atoms with Gasteiger partial charge in [-0.1, -0.05) is 38.3 Å². The van der Waals surface area contributed by atoms with E-state index in [1.54, 1.807) is 18.2 Å². The third kappa shape index (κ3) is 4.11. The Morgan fingerprint density at radius 1 is 1.32 bits per heavy atom. The van der Waals surface area contributed by atoms with Gasteiger partial charge in [-0.05, 0) is 31.0 Å². The summed E-state index contributed by atoms with van der Waals surface area (Å²) in [4.78, 5) is 12.3. The number of nitrogens with one attached hydrogen (secondary N) is 1. The first-order chi connectivity index (χ1) is 8.92. The summed E-state index contributed by atoms with van der Waals surface area (Å²) in [6, 6.07) is 4.99. The van der Waals surface area contributed by atoms with E-state index in [2.05, 4.69) is 5.32 Å². The van der Waals surface area contributed by atoms with Crippen molar-refractivity contribution in [2.45, 2.75) is 45.1 Å². The predicted molar refractivity (Wildman–Crippen MR) is 81.2 cm³/mol. The largest absolute Gasteiger partial charge is 0.399 e. The van der Waals surface area contributed by atoms with Gasteiger partial charge in [-0.2, -0.15) is 0 Å². The quantitative estimate of drug-likeness (QED) is 0.702. The van der Waals surface area contributed by atoms with Crippen molar-refractivity contribution in [2.75, 3.05) is 11.1 Å². The molecule has 1 amide bonds. The van der Waals surface area contributed by atoms with Crippen LogP contribution in [0.2, 0.25) is 5.02 Å². The number of nitrogens with two attached hydrogens (primary N) is 2. The van der Waals surface area contributed by atoms with E-state index in [1.165, 1.54) is 0 Å². The molecule has 0 aliphatic heterocycles. The Hall–Kier alpha value is -1.26. The van der Waals surface area contributed by atoms with Gasteiger partial charge in [0.1, 0.15) is 0 Å². The van der Waals surface area contributed by atoms with Crippen LogP contribution in [0, 0.1) is 0 Å². The zero-order valence-electron chi connectivity index (χ0n) is 11.5. The highest BCUT2D eigenvalue weighted by Crippen LogP contribution is 2.26. The molecule has 1 aromatic carbocycles. The van der Waals surface area contributed by atoms with Crippen molar-refractivity contribution in [3.8, 4) is 0 Å². The first-order valence-corrected chi connectivity index (χ1v) is 6.96. The molecular formula is C14H22ClN3O. The van der Waals surface area contributed by atoms with Crippen LogP contribution in [-0.2, 0) is 4.79 Å². The van der Waals surface area contributed by atoms with Gasteiger partial charge in [-0.25, -0.2) is 0 Å². The number of carbonyl (C=O) groups is 1. The Labute approximate surface area is 119 Å². The van der Waals surface area contributed by atoms with Crippen LogP contribution in [0.5, 0.6) is 0 Å². The number of carbonyl (C=O) groups excluding carboxylic acids is 1. The van der Waals surface area contributed by atoms with Crippen molar-refractivity contribution in [1.82, 2.24) is 0 Å². The van der Waals surface area contributed by atoms with E-state index < -0.39 is 5.54 Å². The van der Waals surface area contributed by atoms with Gasteiger partial charge in [0.15, 0.2) is 0 Å². The lowest BCUT2D eigenvalue weighted by molar-refractivity contribution is -0.121. The standard InChI is InChI=1S/C14H22ClN3O/c1-3-7-14(17,8-4-2)13(19)18-12-6-5-10(16)9-11(12)15/h5-6,9H,3-4,7-8,16-17H2,1-2H3,(H,18,19). The summed E-state index contributed by atoms with van der Waals surface area (Å²) in [6.07, 6.45) is 3.03. The molecule has 1 aromatic rings. The maximum atomic E-state index is 12.3. The van der Waals surface area contributed by atoms with Crippen LogP contribution >= 0.6 is 11.6 Å². The molecule has 0 heterocycles. The number of hydrogen-bond acceptors (Lipinski definition) is 3. The van der Waals surface area contributed by atoms with Crippen molar-refractivity contribution in [3.05, 3.63) is 23.2 Å². The van der Waals surface area contributed by atoms with Crippen LogP contribution in [0.4, 0.5) is 11.4 Å². The van der Waals surface area contributed by atoms with Crippen LogP contribution in [0.1, 0.15) is 39.5 Å². The number of amides is 1. The molecule has 0 unspecified atom stereocenters. The smallest absolute Gasteiger partial charge is 0.244 e. The zero-order valence-corrected chi connectivity index (χ0v) is 12.3. The van der Waals surface area contributed by atoms with Crippen molar-refractivity contribution in [2.24, 2.45) is 5.73 Å². The summed E-state index contributed by atoms with van der Waals surface area (Å²) in [5, 5.41) is 3.22. The van der Waals surface area contributed by atoms with E-state index in [0.29, 0.717) is 29.2 Å². The maximum Gasteiger partial charge on any atom is 0.244 e. The summed E-state index contributed by atoms with van der Waals surface area (Å²) >= 11 is 6.04. The molecule has 5 N–H and O–H groups in total. The molecule has 0 aromatic heterocycles. The van der Waals surface area contributed by atoms with Crippen molar-refractivity contribution >= 4 is 28.9 Å². The first kappa shape index (κ1) is 15.8. The fourth-order valence-electron chi connectivity index (χ4n) is 2.12. The van der Waals surface area contributed by atoms with Crippen LogP contribution in [-0.4, -0.2) is 11.4 Å². The molecule has 0 spiro atoms. The molecule has 0 saturated carbocycles. The van der Waals surface area contributed by atoms with Gasteiger partial charge >= 0.3 is 0 Å². The van der Waals surface area contributed by atoms with Crippen molar-refractivity contribution < 1.29 is 4.79 Å². The zero-order chi connectivity index (χ0) is 14.5. The van der Waals surface area contributed by atoms with Gasteiger partial charge in [0.25, 0.3) is 0 Å². The van der Waals surface area contributed by atoms with Gasteiger partial charge in [0.05, 0.1) is 16.2 Å². The average molecular weight is 284 g/mol. The Bertz CT molecular complexity index is 442. The highest BCUT2D eigenvalue weighted by atomic mass is 35.5. The van der Waals surface area contributed by atoms with Gasteiger partial charge < -0.3 is 16.8 Å². The van der Waals surface area contributed by atoms with Crippen LogP contribution in [0.15, 0.2) is 18.2 Å². The average Bonchev–Trinajstić information content (AvgIpc) is 2.33. The highest BCUT2D eigenvalue weighted by Gasteiger charge is 2.32. The molecule has 19 heavy (non-hydrogen) atoms. The van der Waals surface area contributed by atoms with Crippen LogP contribution in [0.3, 0.4) is 0 Å². The molecule has 0 saturated heterocycles. The molecular weight excluding hydrogens is 262 g/mol. The number of anilines is 2.